The van der Waals surface area contributed by atoms with E-state index in [1.807, 2.05) is 0 Å². The van der Waals surface area contributed by atoms with E-state index in [0.29, 0.717) is 11.8 Å². The molecule has 0 saturated carbocycles. The summed E-state index contributed by atoms with van der Waals surface area (Å²) in [4.78, 5) is 15.1. The van der Waals surface area contributed by atoms with Gasteiger partial charge in [-0.1, -0.05) is 55.4 Å². The zero-order chi connectivity index (χ0) is 19.3. The highest BCUT2D eigenvalue weighted by atomic mass is 16.2. The predicted molar refractivity (Wildman–Crippen MR) is 107 cm³/mol. The Morgan fingerprint density at radius 3 is 1.75 bits per heavy atom. The Bertz CT molecular complexity index is 372. The van der Waals surface area contributed by atoms with E-state index in [1.165, 1.54) is 6.42 Å². The molecule has 1 amide bonds. The fourth-order valence-corrected chi connectivity index (χ4v) is 3.07. The smallest absolute Gasteiger partial charge is 0.225 e. The van der Waals surface area contributed by atoms with E-state index in [-0.39, 0.29) is 16.9 Å². The molecule has 0 fully saturated rings. The first-order valence-electron chi connectivity index (χ1n) is 9.96. The molecule has 2 nitrogen and oxygen atoms in total. The minimum atomic E-state index is -0.115. The minimum Gasteiger partial charge on any atom is -0.337 e. The van der Waals surface area contributed by atoms with Crippen molar-refractivity contribution in [1.82, 2.24) is 4.90 Å². The lowest BCUT2D eigenvalue weighted by Crippen LogP contribution is -2.51. The first kappa shape index (κ1) is 23.5. The number of hydrogen-bond acceptors (Lipinski definition) is 1. The molecule has 0 aromatic carbocycles. The van der Waals surface area contributed by atoms with Crippen molar-refractivity contribution in [1.29, 1.82) is 0 Å². The largest absolute Gasteiger partial charge is 0.337 e. The molecule has 0 rings (SSSR count). The van der Waals surface area contributed by atoms with Crippen LogP contribution in [0.2, 0.25) is 0 Å². The molecule has 0 radical (unpaired) electrons. The lowest BCUT2D eigenvalue weighted by atomic mass is 9.85. The van der Waals surface area contributed by atoms with Gasteiger partial charge in [-0.2, -0.15) is 0 Å². The van der Waals surface area contributed by atoms with E-state index in [2.05, 4.69) is 81.1 Å². The molecule has 24 heavy (non-hydrogen) atoms. The molecule has 0 aliphatic heterocycles. The molecule has 2 heteroatoms. The van der Waals surface area contributed by atoms with Gasteiger partial charge in [-0.15, -0.1) is 0 Å². The number of nitrogens with zero attached hydrogens (tertiary/aromatic N) is 1. The Labute approximate surface area is 152 Å². The van der Waals surface area contributed by atoms with Crippen LogP contribution in [0.4, 0.5) is 0 Å². The molecule has 0 bridgehead atoms. The van der Waals surface area contributed by atoms with Crippen LogP contribution in [0.15, 0.2) is 0 Å². The Morgan fingerprint density at radius 2 is 1.38 bits per heavy atom. The third-order valence-corrected chi connectivity index (χ3v) is 5.13. The van der Waals surface area contributed by atoms with Gasteiger partial charge in [0.2, 0.25) is 5.91 Å². The van der Waals surface area contributed by atoms with E-state index in [0.717, 1.165) is 31.2 Å². The highest BCUT2D eigenvalue weighted by Gasteiger charge is 2.32. The average Bonchev–Trinajstić information content (AvgIpc) is 2.39. The normalized spacial score (nSPS) is 16.8. The third-order valence-electron chi connectivity index (χ3n) is 5.13. The average molecular weight is 340 g/mol. The highest BCUT2D eigenvalue weighted by molar-refractivity contribution is 5.79. The molecule has 0 aromatic rings. The molecule has 0 heterocycles. The summed E-state index contributed by atoms with van der Waals surface area (Å²) in [5, 5.41) is 0. The Kier molecular flexibility index (Phi) is 9.04. The SMILES string of the molecule is CC(C)[C@@H](C)C[C@@H](C)CC[C@@H](C)C(=O)N(CC(C)(C)C)C(C)(C)C. The molecule has 0 saturated heterocycles. The summed E-state index contributed by atoms with van der Waals surface area (Å²) in [7, 11) is 0. The van der Waals surface area contributed by atoms with Crippen molar-refractivity contribution < 1.29 is 4.79 Å². The van der Waals surface area contributed by atoms with Crippen LogP contribution in [0.25, 0.3) is 0 Å². The Morgan fingerprint density at radius 1 is 0.875 bits per heavy atom. The highest BCUT2D eigenvalue weighted by Crippen LogP contribution is 2.28. The summed E-state index contributed by atoms with van der Waals surface area (Å²) in [5.74, 6) is 2.64. The minimum absolute atomic E-state index is 0.114. The second kappa shape index (κ2) is 9.25. The van der Waals surface area contributed by atoms with Gasteiger partial charge in [-0.25, -0.2) is 0 Å². The lowest BCUT2D eigenvalue weighted by Gasteiger charge is -2.41. The first-order valence-corrected chi connectivity index (χ1v) is 9.96. The van der Waals surface area contributed by atoms with Crippen LogP contribution < -0.4 is 0 Å². The van der Waals surface area contributed by atoms with Crippen molar-refractivity contribution in [2.75, 3.05) is 6.54 Å². The maximum Gasteiger partial charge on any atom is 0.225 e. The van der Waals surface area contributed by atoms with Gasteiger partial charge in [0.25, 0.3) is 0 Å². The van der Waals surface area contributed by atoms with E-state index < -0.39 is 0 Å². The van der Waals surface area contributed by atoms with E-state index in [1.54, 1.807) is 0 Å². The second-order valence-electron chi connectivity index (χ2n) is 10.7. The van der Waals surface area contributed by atoms with Crippen LogP contribution in [0.1, 0.15) is 95.4 Å². The second-order valence-corrected chi connectivity index (χ2v) is 10.7. The summed E-state index contributed by atoms with van der Waals surface area (Å²) >= 11 is 0. The standard InChI is InChI=1S/C22H45NO/c1-16(2)19(5)14-17(3)12-13-18(4)20(24)23(22(9,10)11)15-21(6,7)8/h16-19H,12-15H2,1-11H3/t17-,18+,19-/m0/s1. The molecule has 0 unspecified atom stereocenters. The zero-order valence-corrected chi connectivity index (χ0v) is 18.5. The molecule has 144 valence electrons. The van der Waals surface area contributed by atoms with Gasteiger partial charge in [0.05, 0.1) is 0 Å². The molecule has 3 atom stereocenters. The van der Waals surface area contributed by atoms with Gasteiger partial charge < -0.3 is 4.90 Å². The molecular weight excluding hydrogens is 294 g/mol. The number of rotatable bonds is 8. The van der Waals surface area contributed by atoms with Gasteiger partial charge >= 0.3 is 0 Å². The summed E-state index contributed by atoms with van der Waals surface area (Å²) in [6.07, 6.45) is 3.42. The van der Waals surface area contributed by atoms with Crippen LogP contribution in [-0.4, -0.2) is 22.9 Å². The maximum atomic E-state index is 13.0. The van der Waals surface area contributed by atoms with Crippen LogP contribution >= 0.6 is 0 Å². The number of hydrogen-bond donors (Lipinski definition) is 0. The fourth-order valence-electron chi connectivity index (χ4n) is 3.07. The van der Waals surface area contributed by atoms with Gasteiger partial charge in [0.1, 0.15) is 0 Å². The van der Waals surface area contributed by atoms with Crippen molar-refractivity contribution in [3.8, 4) is 0 Å². The predicted octanol–water partition coefficient (Wildman–Crippen LogP) is 6.39. The molecule has 0 aromatic heterocycles. The summed E-state index contributed by atoms with van der Waals surface area (Å²) in [5.41, 5.74) is 0.0129. The van der Waals surface area contributed by atoms with Crippen molar-refractivity contribution in [3.05, 3.63) is 0 Å². The number of carbonyl (C=O) groups is 1. The van der Waals surface area contributed by atoms with Crippen LogP contribution in [0, 0.1) is 29.1 Å². The van der Waals surface area contributed by atoms with E-state index in [9.17, 15) is 4.79 Å². The van der Waals surface area contributed by atoms with Crippen molar-refractivity contribution >= 4 is 5.91 Å². The number of amides is 1. The van der Waals surface area contributed by atoms with Crippen LogP contribution in [-0.2, 0) is 4.79 Å². The van der Waals surface area contributed by atoms with Crippen molar-refractivity contribution in [2.24, 2.45) is 29.1 Å². The Balaban J connectivity index is 4.71. The fraction of sp³-hybridized carbons (Fsp3) is 0.955. The lowest BCUT2D eigenvalue weighted by molar-refractivity contribution is -0.142. The molecule has 0 aliphatic rings. The maximum absolute atomic E-state index is 13.0. The number of carbonyl (C=O) groups excluding carboxylic acids is 1. The molecule has 0 spiro atoms. The topological polar surface area (TPSA) is 20.3 Å². The summed E-state index contributed by atoms with van der Waals surface area (Å²) in [6.45, 7) is 25.3. The van der Waals surface area contributed by atoms with Gasteiger partial charge in [0.15, 0.2) is 0 Å². The Hall–Kier alpha value is -0.530. The summed E-state index contributed by atoms with van der Waals surface area (Å²) in [6, 6.07) is 0. The quantitative estimate of drug-likeness (QED) is 0.501. The monoisotopic (exact) mass is 339 g/mol. The van der Waals surface area contributed by atoms with E-state index >= 15 is 0 Å². The summed E-state index contributed by atoms with van der Waals surface area (Å²) < 4.78 is 0. The van der Waals surface area contributed by atoms with Crippen LogP contribution in [0.3, 0.4) is 0 Å². The van der Waals surface area contributed by atoms with Gasteiger partial charge in [-0.05, 0) is 63.2 Å². The zero-order valence-electron chi connectivity index (χ0n) is 18.5. The molecule has 0 N–H and O–H groups in total. The van der Waals surface area contributed by atoms with E-state index in [4.69, 9.17) is 0 Å². The molecular formula is C22H45NO. The molecule has 0 aliphatic carbocycles. The first-order chi connectivity index (χ1) is 10.6. The third kappa shape index (κ3) is 9.08. The van der Waals surface area contributed by atoms with Crippen LogP contribution in [0.5, 0.6) is 0 Å². The van der Waals surface area contributed by atoms with Gasteiger partial charge in [-0.3, -0.25) is 4.79 Å². The van der Waals surface area contributed by atoms with Crippen molar-refractivity contribution in [2.45, 2.75) is 101 Å². The van der Waals surface area contributed by atoms with Gasteiger partial charge in [0, 0.05) is 18.0 Å². The van der Waals surface area contributed by atoms with Crippen molar-refractivity contribution in [3.63, 3.8) is 0 Å².